The molecule has 0 aromatic heterocycles. The van der Waals surface area contributed by atoms with Crippen molar-refractivity contribution in [2.45, 2.75) is 76.3 Å². The number of hydrogen-bond donors (Lipinski definition) is 0. The molecule has 4 aliphatic carbocycles. The molecule has 4 aromatic carbocycles. The van der Waals surface area contributed by atoms with E-state index in [1.807, 2.05) is 51.2 Å². The van der Waals surface area contributed by atoms with Gasteiger partial charge in [-0.05, 0) is 197 Å². The number of halogens is 11. The van der Waals surface area contributed by atoms with Crippen LogP contribution >= 0.6 is 67.8 Å². The van der Waals surface area contributed by atoms with Crippen LogP contribution in [0.15, 0.2) is 99.6 Å². The van der Waals surface area contributed by atoms with Crippen molar-refractivity contribution in [3.63, 3.8) is 0 Å². The van der Waals surface area contributed by atoms with E-state index in [1.165, 1.54) is 36.4 Å². The van der Waals surface area contributed by atoms with E-state index in [9.17, 15) is 57.7 Å². The molecule has 4 bridgehead atoms. The van der Waals surface area contributed by atoms with Gasteiger partial charge >= 0.3 is 23.4 Å². The van der Waals surface area contributed by atoms with Gasteiger partial charge in [-0.15, -0.1) is 0 Å². The molecule has 3 atom stereocenters. The summed E-state index contributed by atoms with van der Waals surface area (Å²) in [7, 11) is -7.35. The Hall–Kier alpha value is -2.29. The van der Waals surface area contributed by atoms with Crippen LogP contribution in [0.25, 0.3) is 0 Å². The molecule has 4 fully saturated rings. The minimum atomic E-state index is -6.81. The fourth-order valence-electron chi connectivity index (χ4n) is 8.30. The van der Waals surface area contributed by atoms with Crippen LogP contribution in [-0.2, 0) is 35.3 Å². The van der Waals surface area contributed by atoms with Crippen molar-refractivity contribution in [1.29, 1.82) is 0 Å². The topological polar surface area (TPSA) is 110 Å². The van der Waals surface area contributed by atoms with E-state index in [4.69, 9.17) is 4.74 Å². The summed E-state index contributed by atoms with van der Waals surface area (Å²) in [4.78, 5) is 28.9. The maximum absolute atomic E-state index is 14.0. The maximum atomic E-state index is 14.0. The molecule has 0 spiro atoms. The summed E-state index contributed by atoms with van der Waals surface area (Å²) in [5, 5.41) is -5.92. The molecule has 0 heterocycles. The molecule has 59 heavy (non-hydrogen) atoms. The molecule has 4 aliphatic rings. The molecule has 20 heteroatoms. The van der Waals surface area contributed by atoms with E-state index in [1.54, 1.807) is 42.5 Å². The van der Waals surface area contributed by atoms with Gasteiger partial charge in [-0.3, -0.25) is 4.79 Å². The second kappa shape index (κ2) is 17.5. The van der Waals surface area contributed by atoms with Gasteiger partial charge in [0.2, 0.25) is 0 Å². The van der Waals surface area contributed by atoms with Gasteiger partial charge in [-0.25, -0.2) is 26.4 Å². The SMILES string of the molecule is Fc1ccc([S+](c2ccc(F)cc2)c2ccc(F)cc2)cc1.O=C(OC12CC3CC(C1)CC(C(=O)OC(C(F)(F)F)C(F)(F)S(=O)(=O)[O-])(C3)C2)c1cc(I)cc(I)c1I. The third kappa shape index (κ3) is 10.2. The lowest BCUT2D eigenvalue weighted by Gasteiger charge is -2.59. The highest BCUT2D eigenvalue weighted by atomic mass is 127. The zero-order chi connectivity index (χ0) is 43.3. The predicted molar refractivity (Wildman–Crippen MR) is 222 cm³/mol. The molecule has 3 unspecified atom stereocenters. The highest BCUT2D eigenvalue weighted by Gasteiger charge is 2.67. The molecule has 8 rings (SSSR count). The van der Waals surface area contributed by atoms with Crippen molar-refractivity contribution in [1.82, 2.24) is 0 Å². The first-order valence-corrected chi connectivity index (χ1v) is 23.3. The van der Waals surface area contributed by atoms with E-state index in [-0.39, 0.29) is 54.1 Å². The van der Waals surface area contributed by atoms with E-state index in [2.05, 4.69) is 27.3 Å². The van der Waals surface area contributed by atoms with Crippen LogP contribution in [0, 0.1) is 45.4 Å². The van der Waals surface area contributed by atoms with Gasteiger partial charge in [0.25, 0.3) is 6.10 Å². The highest BCUT2D eigenvalue weighted by Crippen LogP contribution is 2.63. The Labute approximate surface area is 376 Å². The van der Waals surface area contributed by atoms with E-state index in [0.717, 1.165) is 21.8 Å². The van der Waals surface area contributed by atoms with Crippen molar-refractivity contribution < 1.29 is 67.2 Å². The molecular formula is C39H29F8I3O7S2. The first-order chi connectivity index (χ1) is 27.4. The van der Waals surface area contributed by atoms with Gasteiger partial charge in [-0.2, -0.15) is 22.0 Å². The third-order valence-electron chi connectivity index (χ3n) is 10.3. The number of carbonyl (C=O) groups excluding carboxylic acids is 2. The minimum absolute atomic E-state index is 0.0145. The van der Waals surface area contributed by atoms with Crippen LogP contribution in [0.2, 0.25) is 0 Å². The van der Waals surface area contributed by atoms with Crippen molar-refractivity contribution >= 4 is 101 Å². The average Bonchev–Trinajstić information content (AvgIpc) is 3.13. The zero-order valence-corrected chi connectivity index (χ0v) is 38.0. The van der Waals surface area contributed by atoms with E-state index in [0.29, 0.717) is 22.8 Å². The number of hydrogen-bond acceptors (Lipinski definition) is 7. The summed E-state index contributed by atoms with van der Waals surface area (Å²) in [5.41, 5.74) is -2.64. The first-order valence-electron chi connectivity index (χ1n) is 17.4. The molecule has 7 nitrogen and oxygen atoms in total. The Morgan fingerprint density at radius 2 is 1.19 bits per heavy atom. The van der Waals surface area contributed by atoms with Crippen LogP contribution in [0.4, 0.5) is 35.1 Å². The summed E-state index contributed by atoms with van der Waals surface area (Å²) in [6.45, 7) is 0. The van der Waals surface area contributed by atoms with Gasteiger partial charge in [-0.1, -0.05) is 0 Å². The molecule has 4 saturated carbocycles. The quantitative estimate of drug-likeness (QED) is 0.0410. The lowest BCUT2D eigenvalue weighted by molar-refractivity contribution is -0.269. The second-order valence-electron chi connectivity index (χ2n) is 14.6. The molecule has 316 valence electrons. The number of esters is 2. The molecular weight excluding hydrogens is 1180 g/mol. The smallest absolute Gasteiger partial charge is 0.432 e. The fraction of sp³-hybridized carbons (Fsp3) is 0.333. The summed E-state index contributed by atoms with van der Waals surface area (Å²) in [6, 6.07) is 22.0. The summed E-state index contributed by atoms with van der Waals surface area (Å²) < 4.78 is 153. The van der Waals surface area contributed by atoms with Crippen molar-refractivity contribution in [2.24, 2.45) is 17.3 Å². The number of benzene rings is 4. The van der Waals surface area contributed by atoms with Crippen molar-refractivity contribution in [2.75, 3.05) is 0 Å². The van der Waals surface area contributed by atoms with Crippen LogP contribution < -0.4 is 0 Å². The van der Waals surface area contributed by atoms with Gasteiger partial charge in [0.05, 0.1) is 21.9 Å². The van der Waals surface area contributed by atoms with Crippen LogP contribution in [0.5, 0.6) is 0 Å². The average molecular weight is 1210 g/mol. The lowest BCUT2D eigenvalue weighted by Crippen LogP contribution is -2.61. The number of ether oxygens (including phenoxy) is 2. The predicted octanol–water partition coefficient (Wildman–Crippen LogP) is 10.8. The zero-order valence-electron chi connectivity index (χ0n) is 29.9. The number of alkyl halides is 5. The van der Waals surface area contributed by atoms with E-state index < -0.39 is 61.5 Å². The van der Waals surface area contributed by atoms with Gasteiger partial charge in [0, 0.05) is 17.1 Å². The molecule has 0 radical (unpaired) electrons. The normalized spacial score (nSPS) is 23.0. The summed E-state index contributed by atoms with van der Waals surface area (Å²) in [5.74, 6) is -3.79. The number of carbonyl (C=O) groups is 2. The standard InChI is InChI=1S/C21H18F5I3O7S.C18H12F3S/c22-20(23,24)16(21(25,26)37(32,33)34)35-17(31)18-4-9-1-10(5-18)7-19(6-9,8-18)36-15(30)12-2-11(27)3-13(28)14(12)29;19-13-1-7-16(8-2-13)22(17-9-3-14(20)4-10-17)18-11-5-15(21)6-12-18/h2-3,9-10,16H,1,4-8H2,(H,32,33,34);1-12H/q;+1/p-1. The maximum Gasteiger partial charge on any atom is 0.432 e. The number of rotatable bonds is 9. The van der Waals surface area contributed by atoms with Gasteiger partial charge in [0.15, 0.2) is 24.8 Å². The Morgan fingerprint density at radius 3 is 1.59 bits per heavy atom. The Morgan fingerprint density at radius 1 is 0.746 bits per heavy atom. The molecule has 0 amide bonds. The fourth-order valence-corrected chi connectivity index (χ4v) is 13.2. The molecule has 0 aliphatic heterocycles. The lowest BCUT2D eigenvalue weighted by atomic mass is 9.48. The third-order valence-corrected chi connectivity index (χ3v) is 17.1. The van der Waals surface area contributed by atoms with Gasteiger partial charge < -0.3 is 14.0 Å². The van der Waals surface area contributed by atoms with Crippen LogP contribution in [-0.4, -0.2) is 48.0 Å². The molecule has 4 aromatic rings. The minimum Gasteiger partial charge on any atom is -0.743 e. The van der Waals surface area contributed by atoms with E-state index >= 15 is 0 Å². The molecule has 0 saturated heterocycles. The van der Waals surface area contributed by atoms with Crippen LogP contribution in [0.1, 0.15) is 48.9 Å². The van der Waals surface area contributed by atoms with Crippen molar-refractivity contribution in [3.05, 3.63) is 119 Å². The monoisotopic (exact) mass is 1210 g/mol. The summed E-state index contributed by atoms with van der Waals surface area (Å²) in [6.07, 6.45) is -9.42. The highest BCUT2D eigenvalue weighted by molar-refractivity contribution is 14.1. The first kappa shape index (κ1) is 46.2. The van der Waals surface area contributed by atoms with Gasteiger partial charge in [0.1, 0.15) is 23.1 Å². The largest absolute Gasteiger partial charge is 0.743 e. The molecule has 0 N–H and O–H groups in total. The Kier molecular flexibility index (Phi) is 13.7. The summed E-state index contributed by atoms with van der Waals surface area (Å²) >= 11 is 6.08. The second-order valence-corrected chi connectivity index (χ2v) is 21.5. The Balaban J connectivity index is 0.000000226. The van der Waals surface area contributed by atoms with Crippen molar-refractivity contribution in [3.8, 4) is 0 Å². The van der Waals surface area contributed by atoms with Crippen LogP contribution in [0.3, 0.4) is 0 Å². The Bertz CT molecular complexity index is 2210.